The van der Waals surface area contributed by atoms with Crippen LogP contribution in [0.1, 0.15) is 46.1 Å². The lowest BCUT2D eigenvalue weighted by Crippen LogP contribution is -2.45. The number of rotatable bonds is 5. The summed E-state index contributed by atoms with van der Waals surface area (Å²) >= 11 is 0. The van der Waals surface area contributed by atoms with Gasteiger partial charge in [-0.1, -0.05) is 46.2 Å². The predicted molar refractivity (Wildman–Crippen MR) is 71.5 cm³/mol. The van der Waals surface area contributed by atoms with Crippen molar-refractivity contribution in [3.8, 4) is 0 Å². The van der Waals surface area contributed by atoms with E-state index in [-0.39, 0.29) is 17.3 Å². The van der Waals surface area contributed by atoms with Gasteiger partial charge in [-0.05, 0) is 30.0 Å². The summed E-state index contributed by atoms with van der Waals surface area (Å²) in [5.41, 5.74) is 7.34. The maximum Gasteiger partial charge on any atom is 0.123 e. The molecule has 0 saturated carbocycles. The Morgan fingerprint density at radius 1 is 1.24 bits per heavy atom. The summed E-state index contributed by atoms with van der Waals surface area (Å²) in [6, 6.07) is 6.79. The molecular weight excluding hydrogens is 213 g/mol. The zero-order chi connectivity index (χ0) is 13.1. The molecule has 1 nitrogen and oxygen atoms in total. The molecule has 17 heavy (non-hydrogen) atoms. The zero-order valence-corrected chi connectivity index (χ0v) is 11.3. The number of nitrogens with two attached hydrogens (primary N) is 1. The van der Waals surface area contributed by atoms with Crippen molar-refractivity contribution in [2.24, 2.45) is 11.7 Å². The molecule has 0 fully saturated rings. The Kier molecular flexibility index (Phi) is 4.70. The van der Waals surface area contributed by atoms with Crippen molar-refractivity contribution in [1.82, 2.24) is 0 Å². The lowest BCUT2D eigenvalue weighted by molar-refractivity contribution is 0.298. The van der Waals surface area contributed by atoms with E-state index in [1.54, 1.807) is 0 Å². The molecule has 0 amide bonds. The lowest BCUT2D eigenvalue weighted by Gasteiger charge is -2.36. The predicted octanol–water partition coefficient (Wildman–Crippen LogP) is 3.87. The Balaban J connectivity index is 2.89. The minimum Gasteiger partial charge on any atom is -0.327 e. The third-order valence-electron chi connectivity index (χ3n) is 3.78. The molecule has 0 aliphatic heterocycles. The second-order valence-corrected chi connectivity index (χ2v) is 5.52. The van der Waals surface area contributed by atoms with E-state index >= 15 is 0 Å². The van der Waals surface area contributed by atoms with Crippen molar-refractivity contribution >= 4 is 0 Å². The summed E-state index contributed by atoms with van der Waals surface area (Å²) in [6.45, 7) is 8.64. The van der Waals surface area contributed by atoms with Gasteiger partial charge >= 0.3 is 0 Å². The van der Waals surface area contributed by atoms with E-state index in [4.69, 9.17) is 5.73 Å². The second-order valence-electron chi connectivity index (χ2n) is 5.52. The quantitative estimate of drug-likeness (QED) is 0.826. The van der Waals surface area contributed by atoms with Crippen LogP contribution in [0.5, 0.6) is 0 Å². The van der Waals surface area contributed by atoms with E-state index in [1.807, 2.05) is 12.1 Å². The first-order valence-corrected chi connectivity index (χ1v) is 6.41. The highest BCUT2D eigenvalue weighted by atomic mass is 19.1. The van der Waals surface area contributed by atoms with Crippen LogP contribution >= 0.6 is 0 Å². The number of halogens is 1. The molecule has 0 saturated heterocycles. The highest BCUT2D eigenvalue weighted by Gasteiger charge is 2.31. The molecule has 1 aromatic rings. The van der Waals surface area contributed by atoms with Crippen LogP contribution in [0.2, 0.25) is 0 Å². The molecule has 0 spiro atoms. The van der Waals surface area contributed by atoms with Crippen molar-refractivity contribution in [2.45, 2.75) is 52.0 Å². The first kappa shape index (κ1) is 14.2. The van der Waals surface area contributed by atoms with Crippen molar-refractivity contribution in [2.75, 3.05) is 0 Å². The Morgan fingerprint density at radius 3 is 2.24 bits per heavy atom. The summed E-state index contributed by atoms with van der Waals surface area (Å²) < 4.78 is 12.9. The van der Waals surface area contributed by atoms with Crippen LogP contribution in [0.3, 0.4) is 0 Å². The minimum atomic E-state index is -0.195. The standard InChI is InChI=1S/C15H24FN/c1-5-6-11(2)14(17)15(3,4)12-7-9-13(16)10-8-12/h7-11,14H,5-6,17H2,1-4H3. The van der Waals surface area contributed by atoms with Crippen molar-refractivity contribution in [3.63, 3.8) is 0 Å². The maximum absolute atomic E-state index is 12.9. The van der Waals surface area contributed by atoms with Gasteiger partial charge in [0.25, 0.3) is 0 Å². The van der Waals surface area contributed by atoms with Crippen LogP contribution in [0.4, 0.5) is 4.39 Å². The molecule has 1 aromatic carbocycles. The largest absolute Gasteiger partial charge is 0.327 e. The van der Waals surface area contributed by atoms with Gasteiger partial charge in [-0.15, -0.1) is 0 Å². The van der Waals surface area contributed by atoms with Crippen LogP contribution in [0, 0.1) is 11.7 Å². The van der Waals surface area contributed by atoms with Gasteiger partial charge in [-0.2, -0.15) is 0 Å². The summed E-state index contributed by atoms with van der Waals surface area (Å²) in [6.07, 6.45) is 2.28. The first-order valence-electron chi connectivity index (χ1n) is 6.41. The fraction of sp³-hybridized carbons (Fsp3) is 0.600. The molecule has 0 aliphatic rings. The summed E-state index contributed by atoms with van der Waals surface area (Å²) in [7, 11) is 0. The van der Waals surface area contributed by atoms with E-state index < -0.39 is 0 Å². The lowest BCUT2D eigenvalue weighted by atomic mass is 9.72. The number of hydrogen-bond acceptors (Lipinski definition) is 1. The van der Waals surface area contributed by atoms with Gasteiger partial charge in [0.15, 0.2) is 0 Å². The second kappa shape index (κ2) is 5.63. The van der Waals surface area contributed by atoms with Gasteiger partial charge in [0, 0.05) is 11.5 Å². The van der Waals surface area contributed by atoms with Crippen LogP contribution in [-0.4, -0.2) is 6.04 Å². The van der Waals surface area contributed by atoms with Gasteiger partial charge in [-0.3, -0.25) is 0 Å². The smallest absolute Gasteiger partial charge is 0.123 e. The maximum atomic E-state index is 12.9. The molecule has 0 bridgehead atoms. The number of hydrogen-bond donors (Lipinski definition) is 1. The molecule has 0 aliphatic carbocycles. The third kappa shape index (κ3) is 3.29. The monoisotopic (exact) mass is 237 g/mol. The van der Waals surface area contributed by atoms with Gasteiger partial charge in [-0.25, -0.2) is 4.39 Å². The Labute approximate surface area is 104 Å². The fourth-order valence-corrected chi connectivity index (χ4v) is 2.42. The summed E-state index contributed by atoms with van der Waals surface area (Å²) in [5.74, 6) is 0.278. The summed E-state index contributed by atoms with van der Waals surface area (Å²) in [4.78, 5) is 0. The van der Waals surface area contributed by atoms with Gasteiger partial charge < -0.3 is 5.73 Å². The van der Waals surface area contributed by atoms with Gasteiger partial charge in [0.2, 0.25) is 0 Å². The fourth-order valence-electron chi connectivity index (χ4n) is 2.42. The minimum absolute atomic E-state index is 0.0907. The molecule has 1 rings (SSSR count). The average molecular weight is 237 g/mol. The Bertz CT molecular complexity index is 342. The molecule has 0 aromatic heterocycles. The van der Waals surface area contributed by atoms with E-state index in [2.05, 4.69) is 27.7 Å². The SMILES string of the molecule is CCCC(C)C(N)C(C)(C)c1ccc(F)cc1. The van der Waals surface area contributed by atoms with E-state index in [1.165, 1.54) is 12.1 Å². The molecule has 96 valence electrons. The summed E-state index contributed by atoms with van der Waals surface area (Å²) in [5, 5.41) is 0. The first-order chi connectivity index (χ1) is 7.89. The Hall–Kier alpha value is -0.890. The number of benzene rings is 1. The molecule has 2 heteroatoms. The molecular formula is C15H24FN. The molecule has 2 atom stereocenters. The highest BCUT2D eigenvalue weighted by molar-refractivity contribution is 5.26. The molecule has 0 heterocycles. The molecule has 2 N–H and O–H groups in total. The van der Waals surface area contributed by atoms with E-state index in [0.717, 1.165) is 18.4 Å². The van der Waals surface area contributed by atoms with Crippen LogP contribution in [0.25, 0.3) is 0 Å². The van der Waals surface area contributed by atoms with Crippen LogP contribution < -0.4 is 5.73 Å². The van der Waals surface area contributed by atoms with Gasteiger partial charge in [0.1, 0.15) is 5.82 Å². The van der Waals surface area contributed by atoms with Gasteiger partial charge in [0.05, 0.1) is 0 Å². The van der Waals surface area contributed by atoms with Crippen LogP contribution in [0.15, 0.2) is 24.3 Å². The zero-order valence-electron chi connectivity index (χ0n) is 11.3. The van der Waals surface area contributed by atoms with Crippen molar-refractivity contribution in [3.05, 3.63) is 35.6 Å². The van der Waals surface area contributed by atoms with E-state index in [0.29, 0.717) is 5.92 Å². The van der Waals surface area contributed by atoms with Crippen molar-refractivity contribution in [1.29, 1.82) is 0 Å². The molecule has 0 radical (unpaired) electrons. The molecule has 2 unspecified atom stereocenters. The Morgan fingerprint density at radius 2 is 1.76 bits per heavy atom. The van der Waals surface area contributed by atoms with Crippen molar-refractivity contribution < 1.29 is 4.39 Å². The van der Waals surface area contributed by atoms with Crippen LogP contribution in [-0.2, 0) is 5.41 Å². The van der Waals surface area contributed by atoms with E-state index in [9.17, 15) is 4.39 Å². The normalized spacial score (nSPS) is 15.6. The topological polar surface area (TPSA) is 26.0 Å². The highest BCUT2D eigenvalue weighted by Crippen LogP contribution is 2.31. The average Bonchev–Trinajstić information content (AvgIpc) is 2.29. The third-order valence-corrected chi connectivity index (χ3v) is 3.78.